The van der Waals surface area contributed by atoms with Gasteiger partial charge in [0.1, 0.15) is 11.8 Å². The second kappa shape index (κ2) is 11.4. The highest BCUT2D eigenvalue weighted by atomic mass is 79.9. The molecule has 162 valence electrons. The molecular weight excluding hydrogens is 468 g/mol. The summed E-state index contributed by atoms with van der Waals surface area (Å²) in [5.41, 5.74) is 1.90. The minimum atomic E-state index is -0.637. The highest BCUT2D eigenvalue weighted by molar-refractivity contribution is 9.10. The summed E-state index contributed by atoms with van der Waals surface area (Å²) in [7, 11) is 0. The van der Waals surface area contributed by atoms with E-state index in [1.807, 2.05) is 45.0 Å². The van der Waals surface area contributed by atoms with Crippen molar-refractivity contribution in [3.05, 3.63) is 63.1 Å². The number of benzene rings is 2. The molecule has 0 aromatic heterocycles. The van der Waals surface area contributed by atoms with Crippen molar-refractivity contribution in [2.24, 2.45) is 5.92 Å². The van der Waals surface area contributed by atoms with Crippen molar-refractivity contribution in [1.29, 1.82) is 0 Å². The number of halogens is 2. The van der Waals surface area contributed by atoms with Crippen molar-refractivity contribution in [3.8, 4) is 5.75 Å². The molecule has 1 atom stereocenters. The molecule has 0 fully saturated rings. The van der Waals surface area contributed by atoms with E-state index in [0.29, 0.717) is 23.2 Å². The van der Waals surface area contributed by atoms with Gasteiger partial charge in [-0.25, -0.2) is 0 Å². The molecule has 2 aromatic rings. The first-order chi connectivity index (χ1) is 14.2. The fraction of sp³-hybridized carbons (Fsp3) is 0.391. The van der Waals surface area contributed by atoms with Crippen LogP contribution in [0.5, 0.6) is 5.75 Å². The molecule has 0 bridgehead atoms. The Balaban J connectivity index is 2.13. The van der Waals surface area contributed by atoms with Crippen LogP contribution < -0.4 is 10.1 Å². The molecule has 0 aliphatic carbocycles. The topological polar surface area (TPSA) is 58.6 Å². The van der Waals surface area contributed by atoms with Crippen LogP contribution in [0.3, 0.4) is 0 Å². The number of amides is 2. The van der Waals surface area contributed by atoms with E-state index in [1.165, 1.54) is 4.90 Å². The van der Waals surface area contributed by atoms with Crippen molar-refractivity contribution in [1.82, 2.24) is 10.2 Å². The Bertz CT molecular complexity index is 871. The van der Waals surface area contributed by atoms with Crippen LogP contribution in [0.15, 0.2) is 46.9 Å². The number of nitrogens with zero attached hydrogens (tertiary/aromatic N) is 1. The smallest absolute Gasteiger partial charge is 0.261 e. The summed E-state index contributed by atoms with van der Waals surface area (Å²) in [5, 5.41) is 3.52. The van der Waals surface area contributed by atoms with Gasteiger partial charge in [-0.15, -0.1) is 0 Å². The summed E-state index contributed by atoms with van der Waals surface area (Å²) in [5.74, 6) is 0.473. The van der Waals surface area contributed by atoms with Gasteiger partial charge in [-0.05, 0) is 61.2 Å². The minimum Gasteiger partial charge on any atom is -0.484 e. The van der Waals surface area contributed by atoms with Crippen LogP contribution in [0, 0.1) is 12.8 Å². The van der Waals surface area contributed by atoms with Gasteiger partial charge in [0.2, 0.25) is 5.91 Å². The third-order valence-corrected chi connectivity index (χ3v) is 5.75. The van der Waals surface area contributed by atoms with E-state index in [2.05, 4.69) is 21.2 Å². The SMILES string of the molecule is Cc1cc(OCC(=O)N(Cc2ccc(Cl)cc2)C(C)C(=O)NCC(C)C)ccc1Br. The van der Waals surface area contributed by atoms with E-state index in [4.69, 9.17) is 16.3 Å². The number of hydrogen-bond acceptors (Lipinski definition) is 3. The van der Waals surface area contributed by atoms with Gasteiger partial charge < -0.3 is 15.0 Å². The molecule has 0 spiro atoms. The van der Waals surface area contributed by atoms with Gasteiger partial charge in [-0.1, -0.05) is 53.5 Å². The monoisotopic (exact) mass is 494 g/mol. The Morgan fingerprint density at radius 2 is 1.80 bits per heavy atom. The number of hydrogen-bond donors (Lipinski definition) is 1. The van der Waals surface area contributed by atoms with Crippen molar-refractivity contribution in [3.63, 3.8) is 0 Å². The Hall–Kier alpha value is -2.05. The average Bonchev–Trinajstić information content (AvgIpc) is 2.71. The molecule has 5 nitrogen and oxygen atoms in total. The molecule has 0 aliphatic heterocycles. The minimum absolute atomic E-state index is 0.156. The lowest BCUT2D eigenvalue weighted by molar-refractivity contribution is -0.142. The van der Waals surface area contributed by atoms with Crippen molar-refractivity contribution < 1.29 is 14.3 Å². The zero-order chi connectivity index (χ0) is 22.3. The average molecular weight is 496 g/mol. The van der Waals surface area contributed by atoms with Gasteiger partial charge in [-0.2, -0.15) is 0 Å². The van der Waals surface area contributed by atoms with E-state index in [0.717, 1.165) is 15.6 Å². The molecule has 1 N–H and O–H groups in total. The summed E-state index contributed by atoms with van der Waals surface area (Å²) in [6.07, 6.45) is 0. The van der Waals surface area contributed by atoms with E-state index in [9.17, 15) is 9.59 Å². The molecule has 2 rings (SSSR count). The first-order valence-corrected chi connectivity index (χ1v) is 11.0. The molecule has 30 heavy (non-hydrogen) atoms. The van der Waals surface area contributed by atoms with Crippen LogP contribution in [0.4, 0.5) is 0 Å². The van der Waals surface area contributed by atoms with E-state index >= 15 is 0 Å². The molecule has 7 heteroatoms. The number of carbonyl (C=O) groups is 2. The van der Waals surface area contributed by atoms with Crippen molar-refractivity contribution in [2.45, 2.75) is 40.3 Å². The number of rotatable bonds is 9. The van der Waals surface area contributed by atoms with Crippen LogP contribution >= 0.6 is 27.5 Å². The fourth-order valence-corrected chi connectivity index (χ4v) is 3.13. The van der Waals surface area contributed by atoms with Crippen LogP contribution in [0.1, 0.15) is 31.9 Å². The quantitative estimate of drug-likeness (QED) is 0.534. The van der Waals surface area contributed by atoms with Crippen LogP contribution in [-0.2, 0) is 16.1 Å². The third-order valence-electron chi connectivity index (χ3n) is 4.61. The predicted octanol–water partition coefficient (Wildman–Crippen LogP) is 4.98. The molecular formula is C23H28BrClN2O3. The second-order valence-electron chi connectivity index (χ2n) is 7.66. The maximum Gasteiger partial charge on any atom is 0.261 e. The highest BCUT2D eigenvalue weighted by Gasteiger charge is 2.26. The summed E-state index contributed by atoms with van der Waals surface area (Å²) in [6, 6.07) is 12.1. The Kier molecular flexibility index (Phi) is 9.18. The van der Waals surface area contributed by atoms with E-state index in [1.54, 1.807) is 25.1 Å². The first-order valence-electron chi connectivity index (χ1n) is 9.88. The number of nitrogens with one attached hydrogen (secondary N) is 1. The van der Waals surface area contributed by atoms with Gasteiger partial charge in [0, 0.05) is 22.6 Å². The highest BCUT2D eigenvalue weighted by Crippen LogP contribution is 2.22. The van der Waals surface area contributed by atoms with Crippen LogP contribution in [0.25, 0.3) is 0 Å². The van der Waals surface area contributed by atoms with Gasteiger partial charge in [0.05, 0.1) is 0 Å². The number of aryl methyl sites for hydroxylation is 1. The Morgan fingerprint density at radius 1 is 1.13 bits per heavy atom. The maximum atomic E-state index is 13.0. The third kappa shape index (κ3) is 7.33. The molecule has 0 aliphatic rings. The maximum absolute atomic E-state index is 13.0. The van der Waals surface area contributed by atoms with Gasteiger partial charge >= 0.3 is 0 Å². The lowest BCUT2D eigenvalue weighted by Crippen LogP contribution is -2.49. The largest absolute Gasteiger partial charge is 0.484 e. The second-order valence-corrected chi connectivity index (χ2v) is 8.95. The Morgan fingerprint density at radius 3 is 2.40 bits per heavy atom. The molecule has 0 heterocycles. The summed E-state index contributed by atoms with van der Waals surface area (Å²) < 4.78 is 6.68. The molecule has 2 amide bonds. The molecule has 0 saturated carbocycles. The van der Waals surface area contributed by atoms with Crippen molar-refractivity contribution in [2.75, 3.05) is 13.2 Å². The fourth-order valence-electron chi connectivity index (χ4n) is 2.76. The molecule has 0 saturated heterocycles. The van der Waals surface area contributed by atoms with E-state index in [-0.39, 0.29) is 25.0 Å². The number of ether oxygens (including phenoxy) is 1. The lowest BCUT2D eigenvalue weighted by atomic mass is 10.1. The van der Waals surface area contributed by atoms with Gasteiger partial charge in [0.15, 0.2) is 6.61 Å². The predicted molar refractivity (Wildman–Crippen MR) is 124 cm³/mol. The summed E-state index contributed by atoms with van der Waals surface area (Å²) in [6.45, 7) is 8.41. The molecule has 2 aromatic carbocycles. The Labute approximate surface area is 191 Å². The summed E-state index contributed by atoms with van der Waals surface area (Å²) >= 11 is 9.42. The molecule has 0 radical (unpaired) electrons. The first kappa shape index (κ1) is 24.2. The van der Waals surface area contributed by atoms with Gasteiger partial charge in [0.25, 0.3) is 5.91 Å². The normalized spacial score (nSPS) is 11.8. The molecule has 1 unspecified atom stereocenters. The van der Waals surface area contributed by atoms with Crippen molar-refractivity contribution >= 4 is 39.3 Å². The summed E-state index contributed by atoms with van der Waals surface area (Å²) in [4.78, 5) is 27.2. The van der Waals surface area contributed by atoms with Crippen LogP contribution in [-0.4, -0.2) is 35.9 Å². The number of carbonyl (C=O) groups excluding carboxylic acids is 2. The lowest BCUT2D eigenvalue weighted by Gasteiger charge is -2.29. The zero-order valence-electron chi connectivity index (χ0n) is 17.7. The zero-order valence-corrected chi connectivity index (χ0v) is 20.1. The standard InChI is InChI=1S/C23H28BrClN2O3/c1-15(2)12-26-23(29)17(4)27(13-18-5-7-19(25)8-6-18)22(28)14-30-20-9-10-21(24)16(3)11-20/h5-11,15,17H,12-14H2,1-4H3,(H,26,29). The van der Waals surface area contributed by atoms with Crippen LogP contribution in [0.2, 0.25) is 5.02 Å². The van der Waals surface area contributed by atoms with E-state index < -0.39 is 6.04 Å². The van der Waals surface area contributed by atoms with Gasteiger partial charge in [-0.3, -0.25) is 9.59 Å².